The molecular formula is C15H13N3O. The number of para-hydroxylation sites is 1. The fraction of sp³-hybridized carbons (Fsp3) is 0.0667. The molecule has 0 atom stereocenters. The molecule has 0 saturated carbocycles. The van der Waals surface area contributed by atoms with E-state index in [-0.39, 0.29) is 6.61 Å². The van der Waals surface area contributed by atoms with Gasteiger partial charge < -0.3 is 5.11 Å². The van der Waals surface area contributed by atoms with Crippen molar-refractivity contribution in [3.63, 3.8) is 0 Å². The molecule has 0 spiro atoms. The van der Waals surface area contributed by atoms with Gasteiger partial charge in [-0.2, -0.15) is 0 Å². The minimum Gasteiger partial charge on any atom is -0.388 e. The second kappa shape index (κ2) is 5.04. The zero-order valence-electron chi connectivity index (χ0n) is 10.3. The molecule has 4 heteroatoms. The van der Waals surface area contributed by atoms with Crippen molar-refractivity contribution in [2.45, 2.75) is 6.61 Å². The molecule has 0 fully saturated rings. The van der Waals surface area contributed by atoms with Gasteiger partial charge >= 0.3 is 0 Å². The van der Waals surface area contributed by atoms with Crippen molar-refractivity contribution in [2.75, 3.05) is 0 Å². The van der Waals surface area contributed by atoms with E-state index in [9.17, 15) is 5.11 Å². The SMILES string of the molecule is OCc1nc(-c2ccccc2)nn1-c1ccccc1. The molecule has 4 nitrogen and oxygen atoms in total. The molecule has 1 N–H and O–H groups in total. The summed E-state index contributed by atoms with van der Waals surface area (Å²) in [5, 5.41) is 13.9. The average Bonchev–Trinajstić information content (AvgIpc) is 2.93. The maximum Gasteiger partial charge on any atom is 0.181 e. The van der Waals surface area contributed by atoms with Crippen LogP contribution in [0.2, 0.25) is 0 Å². The largest absolute Gasteiger partial charge is 0.388 e. The third-order valence-corrected chi connectivity index (χ3v) is 2.85. The standard InChI is InChI=1S/C15H13N3O/c19-11-14-16-15(12-7-3-1-4-8-12)17-18(14)13-9-5-2-6-10-13/h1-10,19H,11H2. The molecule has 0 amide bonds. The van der Waals surface area contributed by atoms with Crippen LogP contribution in [0.25, 0.3) is 17.1 Å². The normalized spacial score (nSPS) is 10.6. The fourth-order valence-electron chi connectivity index (χ4n) is 1.93. The molecule has 0 aliphatic carbocycles. The highest BCUT2D eigenvalue weighted by Gasteiger charge is 2.11. The van der Waals surface area contributed by atoms with Crippen molar-refractivity contribution in [3.8, 4) is 17.1 Å². The first-order chi connectivity index (χ1) is 9.38. The molecule has 0 saturated heterocycles. The second-order valence-electron chi connectivity index (χ2n) is 4.12. The predicted octanol–water partition coefficient (Wildman–Crippen LogP) is 2.43. The van der Waals surface area contributed by atoms with Crippen LogP contribution in [0.1, 0.15) is 5.82 Å². The van der Waals surface area contributed by atoms with Crippen LogP contribution in [0, 0.1) is 0 Å². The molecule has 0 aliphatic rings. The molecule has 2 aromatic carbocycles. The van der Waals surface area contributed by atoms with Crippen molar-refractivity contribution in [3.05, 3.63) is 66.5 Å². The van der Waals surface area contributed by atoms with E-state index in [1.807, 2.05) is 60.7 Å². The van der Waals surface area contributed by atoms with Gasteiger partial charge in [0.15, 0.2) is 11.6 Å². The highest BCUT2D eigenvalue weighted by atomic mass is 16.3. The molecule has 0 bridgehead atoms. The Balaban J connectivity index is 2.09. The van der Waals surface area contributed by atoms with Gasteiger partial charge in [0, 0.05) is 5.56 Å². The van der Waals surface area contributed by atoms with Gasteiger partial charge in [-0.3, -0.25) is 0 Å². The Labute approximate surface area is 111 Å². The van der Waals surface area contributed by atoms with E-state index in [4.69, 9.17) is 0 Å². The van der Waals surface area contributed by atoms with Gasteiger partial charge in [-0.1, -0.05) is 48.5 Å². The van der Waals surface area contributed by atoms with E-state index in [0.29, 0.717) is 11.6 Å². The maximum atomic E-state index is 9.42. The third-order valence-electron chi connectivity index (χ3n) is 2.85. The molecule has 1 aromatic heterocycles. The highest BCUT2D eigenvalue weighted by molar-refractivity contribution is 5.54. The Morgan fingerprint density at radius 1 is 0.895 bits per heavy atom. The Morgan fingerprint density at radius 2 is 1.53 bits per heavy atom. The highest BCUT2D eigenvalue weighted by Crippen LogP contribution is 2.17. The van der Waals surface area contributed by atoms with Gasteiger partial charge in [-0.25, -0.2) is 9.67 Å². The summed E-state index contributed by atoms with van der Waals surface area (Å²) in [7, 11) is 0. The smallest absolute Gasteiger partial charge is 0.181 e. The molecule has 0 aliphatic heterocycles. The number of aliphatic hydroxyl groups is 1. The summed E-state index contributed by atoms with van der Waals surface area (Å²) in [5.74, 6) is 1.15. The minimum absolute atomic E-state index is 0.144. The molecule has 3 aromatic rings. The van der Waals surface area contributed by atoms with Crippen LogP contribution in [0.15, 0.2) is 60.7 Å². The minimum atomic E-state index is -0.144. The Hall–Kier alpha value is -2.46. The first-order valence-corrected chi connectivity index (χ1v) is 6.06. The van der Waals surface area contributed by atoms with Crippen LogP contribution < -0.4 is 0 Å². The Bertz CT molecular complexity index is 662. The van der Waals surface area contributed by atoms with E-state index in [1.54, 1.807) is 4.68 Å². The van der Waals surface area contributed by atoms with Crippen molar-refractivity contribution in [2.24, 2.45) is 0 Å². The van der Waals surface area contributed by atoms with Crippen LogP contribution in [-0.4, -0.2) is 19.9 Å². The van der Waals surface area contributed by atoms with E-state index in [0.717, 1.165) is 11.3 Å². The molecule has 0 radical (unpaired) electrons. The lowest BCUT2D eigenvalue weighted by Crippen LogP contribution is -2.02. The van der Waals surface area contributed by atoms with Gasteiger partial charge in [0.2, 0.25) is 0 Å². The van der Waals surface area contributed by atoms with E-state index in [2.05, 4.69) is 10.1 Å². The van der Waals surface area contributed by atoms with Gasteiger partial charge in [0.1, 0.15) is 6.61 Å². The van der Waals surface area contributed by atoms with Crippen LogP contribution in [-0.2, 0) is 6.61 Å². The quantitative estimate of drug-likeness (QED) is 0.777. The number of aliphatic hydroxyl groups excluding tert-OH is 1. The lowest BCUT2D eigenvalue weighted by atomic mass is 10.2. The van der Waals surface area contributed by atoms with Gasteiger partial charge in [0.05, 0.1) is 5.69 Å². The van der Waals surface area contributed by atoms with E-state index >= 15 is 0 Å². The Kier molecular flexibility index (Phi) is 3.08. The van der Waals surface area contributed by atoms with Crippen molar-refractivity contribution in [1.29, 1.82) is 0 Å². The summed E-state index contributed by atoms with van der Waals surface area (Å²) >= 11 is 0. The summed E-state index contributed by atoms with van der Waals surface area (Å²) in [6.45, 7) is -0.144. The van der Waals surface area contributed by atoms with E-state index < -0.39 is 0 Å². The monoisotopic (exact) mass is 251 g/mol. The van der Waals surface area contributed by atoms with Crippen molar-refractivity contribution >= 4 is 0 Å². The molecule has 3 rings (SSSR count). The summed E-state index contributed by atoms with van der Waals surface area (Å²) in [6.07, 6.45) is 0. The van der Waals surface area contributed by atoms with Gasteiger partial charge in [-0.15, -0.1) is 5.10 Å². The van der Waals surface area contributed by atoms with Crippen LogP contribution in [0.3, 0.4) is 0 Å². The van der Waals surface area contributed by atoms with Crippen LogP contribution >= 0.6 is 0 Å². The van der Waals surface area contributed by atoms with Gasteiger partial charge in [-0.05, 0) is 12.1 Å². The topological polar surface area (TPSA) is 50.9 Å². The molecule has 1 heterocycles. The third kappa shape index (κ3) is 2.26. The Morgan fingerprint density at radius 3 is 2.16 bits per heavy atom. The zero-order valence-corrected chi connectivity index (χ0v) is 10.3. The second-order valence-corrected chi connectivity index (χ2v) is 4.12. The number of nitrogens with zero attached hydrogens (tertiary/aromatic N) is 3. The van der Waals surface area contributed by atoms with Crippen LogP contribution in [0.4, 0.5) is 0 Å². The van der Waals surface area contributed by atoms with Crippen molar-refractivity contribution < 1.29 is 5.11 Å². The number of hydrogen-bond acceptors (Lipinski definition) is 3. The number of hydrogen-bond donors (Lipinski definition) is 1. The lowest BCUT2D eigenvalue weighted by molar-refractivity contribution is 0.268. The number of benzene rings is 2. The molecule has 94 valence electrons. The number of aromatic nitrogens is 3. The summed E-state index contributed by atoms with van der Waals surface area (Å²) in [4.78, 5) is 4.38. The van der Waals surface area contributed by atoms with Gasteiger partial charge in [0.25, 0.3) is 0 Å². The summed E-state index contributed by atoms with van der Waals surface area (Å²) < 4.78 is 1.67. The van der Waals surface area contributed by atoms with Crippen LogP contribution in [0.5, 0.6) is 0 Å². The zero-order chi connectivity index (χ0) is 13.1. The first-order valence-electron chi connectivity index (χ1n) is 6.06. The average molecular weight is 251 g/mol. The molecule has 19 heavy (non-hydrogen) atoms. The predicted molar refractivity (Wildman–Crippen MR) is 72.7 cm³/mol. The van der Waals surface area contributed by atoms with E-state index in [1.165, 1.54) is 0 Å². The first kappa shape index (κ1) is 11.6. The summed E-state index contributed by atoms with van der Waals surface area (Å²) in [5.41, 5.74) is 1.83. The number of rotatable bonds is 3. The maximum absolute atomic E-state index is 9.42. The van der Waals surface area contributed by atoms with Crippen molar-refractivity contribution in [1.82, 2.24) is 14.8 Å². The summed E-state index contributed by atoms with van der Waals surface area (Å²) in [6, 6.07) is 19.4. The molecule has 0 unspecified atom stereocenters. The lowest BCUT2D eigenvalue weighted by Gasteiger charge is -2.02. The fourth-order valence-corrected chi connectivity index (χ4v) is 1.93. The molecular weight excluding hydrogens is 238 g/mol.